The zero-order valence-electron chi connectivity index (χ0n) is 24.8. The molecule has 2 atom stereocenters. The molecule has 3 aromatic rings. The zero-order valence-corrected chi connectivity index (χ0v) is 27.2. The molecule has 0 aliphatic carbocycles. The maximum atomic E-state index is 14.3. The van der Waals surface area contributed by atoms with Gasteiger partial charge in [-0.15, -0.1) is 0 Å². The lowest BCUT2D eigenvalue weighted by molar-refractivity contribution is -0.140. The van der Waals surface area contributed by atoms with E-state index in [1.54, 1.807) is 49.4 Å². The third kappa shape index (κ3) is 8.34. The fourth-order valence-electron chi connectivity index (χ4n) is 4.42. The van der Waals surface area contributed by atoms with E-state index in [2.05, 4.69) is 5.32 Å². The van der Waals surface area contributed by atoms with Gasteiger partial charge >= 0.3 is 0 Å². The molecule has 0 heterocycles. The minimum Gasteiger partial charge on any atom is -0.497 e. The zero-order chi connectivity index (χ0) is 31.7. The number of carbonyl (C=O) groups is 2. The first-order valence-electron chi connectivity index (χ1n) is 13.8. The summed E-state index contributed by atoms with van der Waals surface area (Å²) in [7, 11) is -1.40. The molecule has 12 heteroatoms. The van der Waals surface area contributed by atoms with Gasteiger partial charge in [-0.25, -0.2) is 8.42 Å². The fourth-order valence-corrected chi connectivity index (χ4v) is 6.31. The standard InChI is InChI=1S/C31H37Cl2N3O6S/c1-6-21(3)34-31(38)27(7-2)35(19-22-12-13-23(32)18-26(22)33)30(37)20-36(28-10-8-9-11-29(28)42-5)43(39,40)25-16-14-24(41-4)15-17-25/h8-18,21,27H,6-7,19-20H2,1-5H3,(H,34,38)/t21-,27-/m1/s1. The van der Waals surface area contributed by atoms with E-state index in [0.29, 0.717) is 27.8 Å². The molecule has 3 aromatic carbocycles. The highest BCUT2D eigenvalue weighted by Gasteiger charge is 2.35. The Balaban J connectivity index is 2.12. The number of ether oxygens (including phenoxy) is 2. The summed E-state index contributed by atoms with van der Waals surface area (Å²) in [5.41, 5.74) is 0.715. The van der Waals surface area contributed by atoms with Crippen LogP contribution in [0.3, 0.4) is 0 Å². The van der Waals surface area contributed by atoms with Crippen LogP contribution in [0.2, 0.25) is 10.0 Å². The Kier molecular flexibility index (Phi) is 12.1. The quantitative estimate of drug-likeness (QED) is 0.232. The molecule has 0 aliphatic rings. The molecular weight excluding hydrogens is 613 g/mol. The number of anilines is 1. The van der Waals surface area contributed by atoms with E-state index in [4.69, 9.17) is 32.7 Å². The summed E-state index contributed by atoms with van der Waals surface area (Å²) in [5.74, 6) is -0.235. The minimum absolute atomic E-state index is 0.0520. The van der Waals surface area contributed by atoms with Crippen molar-refractivity contribution < 1.29 is 27.5 Å². The number of amides is 2. The molecule has 1 N–H and O–H groups in total. The third-order valence-electron chi connectivity index (χ3n) is 7.02. The van der Waals surface area contributed by atoms with Gasteiger partial charge in [0, 0.05) is 22.6 Å². The van der Waals surface area contributed by atoms with Crippen LogP contribution in [0.1, 0.15) is 39.2 Å². The van der Waals surface area contributed by atoms with Crippen molar-refractivity contribution in [3.05, 3.63) is 82.3 Å². The van der Waals surface area contributed by atoms with Crippen LogP contribution >= 0.6 is 23.2 Å². The number of carbonyl (C=O) groups excluding carboxylic acids is 2. The van der Waals surface area contributed by atoms with Crippen LogP contribution in [0.25, 0.3) is 0 Å². The van der Waals surface area contributed by atoms with Crippen LogP contribution in [-0.2, 0) is 26.2 Å². The van der Waals surface area contributed by atoms with Crippen molar-refractivity contribution in [1.29, 1.82) is 0 Å². The average molecular weight is 651 g/mol. The summed E-state index contributed by atoms with van der Waals surface area (Å²) < 4.78 is 39.9. The van der Waals surface area contributed by atoms with Crippen molar-refractivity contribution in [1.82, 2.24) is 10.2 Å². The lowest BCUT2D eigenvalue weighted by Crippen LogP contribution is -2.53. The number of hydrogen-bond donors (Lipinski definition) is 1. The second kappa shape index (κ2) is 15.3. The summed E-state index contributed by atoms with van der Waals surface area (Å²) >= 11 is 12.6. The van der Waals surface area contributed by atoms with Crippen LogP contribution in [0.15, 0.2) is 71.6 Å². The summed E-state index contributed by atoms with van der Waals surface area (Å²) in [5, 5.41) is 3.68. The van der Waals surface area contributed by atoms with Crippen LogP contribution in [0, 0.1) is 0 Å². The molecule has 0 bridgehead atoms. The predicted molar refractivity (Wildman–Crippen MR) is 170 cm³/mol. The summed E-state index contributed by atoms with van der Waals surface area (Å²) in [6, 6.07) is 16.2. The van der Waals surface area contributed by atoms with Gasteiger partial charge in [-0.05, 0) is 73.9 Å². The molecule has 2 amide bonds. The first-order valence-corrected chi connectivity index (χ1v) is 16.0. The molecule has 43 heavy (non-hydrogen) atoms. The van der Waals surface area contributed by atoms with Gasteiger partial charge in [0.2, 0.25) is 11.8 Å². The maximum absolute atomic E-state index is 14.3. The number of rotatable bonds is 14. The number of nitrogens with zero attached hydrogens (tertiary/aromatic N) is 2. The molecule has 3 rings (SSSR count). The SMILES string of the molecule is CC[C@@H](C)NC(=O)[C@@H](CC)N(Cc1ccc(Cl)cc1Cl)C(=O)CN(c1ccccc1OC)S(=O)(=O)c1ccc(OC)cc1. The predicted octanol–water partition coefficient (Wildman–Crippen LogP) is 5.93. The number of nitrogens with one attached hydrogen (secondary N) is 1. The van der Waals surface area contributed by atoms with E-state index in [0.717, 1.165) is 4.31 Å². The second-order valence-corrected chi connectivity index (χ2v) is 12.6. The van der Waals surface area contributed by atoms with E-state index in [-0.39, 0.29) is 41.2 Å². The van der Waals surface area contributed by atoms with Crippen LogP contribution in [0.5, 0.6) is 11.5 Å². The highest BCUT2D eigenvalue weighted by molar-refractivity contribution is 7.92. The minimum atomic E-state index is -4.30. The first-order chi connectivity index (χ1) is 20.5. The van der Waals surface area contributed by atoms with Gasteiger partial charge in [0.15, 0.2) is 0 Å². The lowest BCUT2D eigenvalue weighted by Gasteiger charge is -2.34. The number of sulfonamides is 1. The van der Waals surface area contributed by atoms with Crippen molar-refractivity contribution in [2.24, 2.45) is 0 Å². The van der Waals surface area contributed by atoms with E-state index >= 15 is 0 Å². The molecule has 232 valence electrons. The number of benzene rings is 3. The molecule has 0 saturated heterocycles. The van der Waals surface area contributed by atoms with Gasteiger partial charge in [-0.2, -0.15) is 0 Å². The Labute approximate surface area is 263 Å². The maximum Gasteiger partial charge on any atom is 0.264 e. The highest BCUT2D eigenvalue weighted by atomic mass is 35.5. The number of hydrogen-bond acceptors (Lipinski definition) is 6. The monoisotopic (exact) mass is 649 g/mol. The molecular formula is C31H37Cl2N3O6S. The van der Waals surface area contributed by atoms with E-state index in [1.165, 1.54) is 43.4 Å². The van der Waals surface area contributed by atoms with Gasteiger partial charge < -0.3 is 19.7 Å². The Bertz CT molecular complexity index is 1520. The van der Waals surface area contributed by atoms with E-state index in [1.807, 2.05) is 13.8 Å². The van der Waals surface area contributed by atoms with E-state index < -0.39 is 28.5 Å². The Morgan fingerprint density at radius 2 is 1.60 bits per heavy atom. The summed E-state index contributed by atoms with van der Waals surface area (Å²) in [4.78, 5) is 29.0. The first kappa shape index (κ1) is 34.0. The Hall–Kier alpha value is -3.47. The van der Waals surface area contributed by atoms with Crippen molar-refractivity contribution in [2.75, 3.05) is 25.1 Å². The Morgan fingerprint density at radius 1 is 0.930 bits per heavy atom. The van der Waals surface area contributed by atoms with Gasteiger partial charge in [0.05, 0.1) is 24.8 Å². The molecule has 9 nitrogen and oxygen atoms in total. The number of methoxy groups -OCH3 is 2. The van der Waals surface area contributed by atoms with Gasteiger partial charge in [-0.3, -0.25) is 13.9 Å². The van der Waals surface area contributed by atoms with Gasteiger partial charge in [0.25, 0.3) is 10.0 Å². The largest absolute Gasteiger partial charge is 0.497 e. The third-order valence-corrected chi connectivity index (χ3v) is 9.38. The molecule has 0 aliphatic heterocycles. The summed E-state index contributed by atoms with van der Waals surface area (Å²) in [6.45, 7) is 4.93. The van der Waals surface area contributed by atoms with Gasteiger partial charge in [0.1, 0.15) is 24.1 Å². The smallest absolute Gasteiger partial charge is 0.264 e. The van der Waals surface area contributed by atoms with Crippen LogP contribution in [0.4, 0.5) is 5.69 Å². The summed E-state index contributed by atoms with van der Waals surface area (Å²) in [6.07, 6.45) is 0.972. The number of halogens is 2. The van der Waals surface area contributed by atoms with Crippen LogP contribution in [-0.4, -0.2) is 58.0 Å². The lowest BCUT2D eigenvalue weighted by atomic mass is 10.1. The normalized spacial score (nSPS) is 12.6. The molecule has 0 aromatic heterocycles. The fraction of sp³-hybridized carbons (Fsp3) is 0.355. The molecule has 0 radical (unpaired) electrons. The molecule has 0 saturated carbocycles. The second-order valence-electron chi connectivity index (χ2n) is 9.86. The number of para-hydroxylation sites is 2. The van der Waals surface area contributed by atoms with Crippen LogP contribution < -0.4 is 19.1 Å². The molecule has 0 unspecified atom stereocenters. The van der Waals surface area contributed by atoms with Crippen molar-refractivity contribution in [3.63, 3.8) is 0 Å². The molecule has 0 spiro atoms. The van der Waals surface area contributed by atoms with Gasteiger partial charge in [-0.1, -0.05) is 55.2 Å². The average Bonchev–Trinajstić information content (AvgIpc) is 3.00. The van der Waals surface area contributed by atoms with Crippen molar-refractivity contribution in [2.45, 2.75) is 57.1 Å². The van der Waals surface area contributed by atoms with E-state index in [9.17, 15) is 18.0 Å². The molecule has 0 fully saturated rings. The van der Waals surface area contributed by atoms with Crippen molar-refractivity contribution >= 4 is 50.7 Å². The van der Waals surface area contributed by atoms with Crippen molar-refractivity contribution in [3.8, 4) is 11.5 Å². The topological polar surface area (TPSA) is 105 Å². The highest BCUT2D eigenvalue weighted by Crippen LogP contribution is 2.33. The Morgan fingerprint density at radius 3 is 2.19 bits per heavy atom.